The third-order valence-corrected chi connectivity index (χ3v) is 3.11. The summed E-state index contributed by atoms with van der Waals surface area (Å²) in [6.45, 7) is 3.57. The number of esters is 1. The number of hydrogen-bond acceptors (Lipinski definition) is 2. The van der Waals surface area contributed by atoms with E-state index >= 15 is 0 Å². The van der Waals surface area contributed by atoms with Gasteiger partial charge >= 0.3 is 5.97 Å². The molecular formula is C11H12BrClO2. The van der Waals surface area contributed by atoms with Crippen LogP contribution in [-0.2, 0) is 14.9 Å². The molecule has 0 fully saturated rings. The van der Waals surface area contributed by atoms with Crippen molar-refractivity contribution in [1.29, 1.82) is 0 Å². The molecule has 0 aliphatic heterocycles. The fourth-order valence-electron chi connectivity index (χ4n) is 1.36. The predicted molar refractivity (Wildman–Crippen MR) is 64.2 cm³/mol. The smallest absolute Gasteiger partial charge is 0.315 e. The van der Waals surface area contributed by atoms with Gasteiger partial charge in [-0.1, -0.05) is 33.6 Å². The van der Waals surface area contributed by atoms with Gasteiger partial charge in [0.05, 0.1) is 12.5 Å². The topological polar surface area (TPSA) is 26.3 Å². The van der Waals surface area contributed by atoms with Crippen LogP contribution in [0.1, 0.15) is 19.4 Å². The van der Waals surface area contributed by atoms with Crippen LogP contribution in [0, 0.1) is 0 Å². The van der Waals surface area contributed by atoms with Gasteiger partial charge in [-0.2, -0.15) is 0 Å². The summed E-state index contributed by atoms with van der Waals surface area (Å²) in [5.41, 5.74) is 0.0335. The van der Waals surface area contributed by atoms with Crippen molar-refractivity contribution < 1.29 is 9.53 Å². The van der Waals surface area contributed by atoms with E-state index < -0.39 is 5.41 Å². The molecule has 0 radical (unpaired) electrons. The van der Waals surface area contributed by atoms with Crippen molar-refractivity contribution in [2.45, 2.75) is 19.3 Å². The fourth-order valence-corrected chi connectivity index (χ4v) is 2.27. The molecule has 0 aliphatic carbocycles. The molecule has 0 bridgehead atoms. The zero-order valence-electron chi connectivity index (χ0n) is 8.80. The average Bonchev–Trinajstić information content (AvgIpc) is 2.15. The van der Waals surface area contributed by atoms with Crippen LogP contribution in [0.15, 0.2) is 22.7 Å². The largest absolute Gasteiger partial charge is 0.468 e. The van der Waals surface area contributed by atoms with E-state index in [0.717, 1.165) is 10.0 Å². The normalized spacial score (nSPS) is 11.3. The van der Waals surface area contributed by atoms with Crippen LogP contribution in [-0.4, -0.2) is 13.1 Å². The van der Waals surface area contributed by atoms with Gasteiger partial charge in [-0.15, -0.1) is 0 Å². The molecule has 2 nitrogen and oxygen atoms in total. The number of rotatable bonds is 2. The molecule has 82 valence electrons. The maximum Gasteiger partial charge on any atom is 0.315 e. The van der Waals surface area contributed by atoms with Gasteiger partial charge in [0.1, 0.15) is 0 Å². The van der Waals surface area contributed by atoms with Gasteiger partial charge in [-0.05, 0) is 31.5 Å². The van der Waals surface area contributed by atoms with Gasteiger partial charge in [0.15, 0.2) is 0 Å². The summed E-state index contributed by atoms with van der Waals surface area (Å²) >= 11 is 9.39. The van der Waals surface area contributed by atoms with E-state index in [2.05, 4.69) is 15.9 Å². The van der Waals surface area contributed by atoms with Crippen molar-refractivity contribution in [3.8, 4) is 0 Å². The Balaban J connectivity index is 3.21. The standard InChI is InChI=1S/C11H12BrClO2/c1-11(2,10(14)15-3)8-5-4-7(12)6-9(8)13/h4-6H,1-3H3. The highest BCUT2D eigenvalue weighted by atomic mass is 79.9. The Bertz CT molecular complexity index is 388. The molecule has 0 unspecified atom stereocenters. The van der Waals surface area contributed by atoms with E-state index in [-0.39, 0.29) is 5.97 Å². The van der Waals surface area contributed by atoms with Crippen molar-refractivity contribution in [2.24, 2.45) is 0 Å². The summed E-state index contributed by atoms with van der Waals surface area (Å²) in [7, 11) is 1.37. The lowest BCUT2D eigenvalue weighted by Crippen LogP contribution is -2.30. The van der Waals surface area contributed by atoms with E-state index in [1.54, 1.807) is 19.9 Å². The first kappa shape index (κ1) is 12.5. The molecule has 0 spiro atoms. The van der Waals surface area contributed by atoms with E-state index in [0.29, 0.717) is 5.02 Å². The molecule has 4 heteroatoms. The highest BCUT2D eigenvalue weighted by Gasteiger charge is 2.32. The lowest BCUT2D eigenvalue weighted by atomic mass is 9.85. The third kappa shape index (κ3) is 2.52. The zero-order chi connectivity index (χ0) is 11.6. The number of methoxy groups -OCH3 is 1. The Morgan fingerprint density at radius 2 is 2.07 bits per heavy atom. The maximum atomic E-state index is 11.6. The monoisotopic (exact) mass is 290 g/mol. The first-order valence-corrected chi connectivity index (χ1v) is 5.60. The van der Waals surface area contributed by atoms with Gasteiger partial charge in [0, 0.05) is 9.50 Å². The summed E-state index contributed by atoms with van der Waals surface area (Å²) in [6, 6.07) is 5.44. The molecule has 1 aromatic carbocycles. The number of hydrogen-bond donors (Lipinski definition) is 0. The van der Waals surface area contributed by atoms with Gasteiger partial charge in [0.25, 0.3) is 0 Å². The van der Waals surface area contributed by atoms with Gasteiger partial charge < -0.3 is 4.74 Å². The second kappa shape index (κ2) is 4.54. The van der Waals surface area contributed by atoms with Gasteiger partial charge in [0.2, 0.25) is 0 Å². The molecule has 0 saturated carbocycles. The minimum Gasteiger partial charge on any atom is -0.468 e. The number of carbonyl (C=O) groups is 1. The van der Waals surface area contributed by atoms with Crippen molar-refractivity contribution in [1.82, 2.24) is 0 Å². The highest BCUT2D eigenvalue weighted by molar-refractivity contribution is 9.10. The fraction of sp³-hybridized carbons (Fsp3) is 0.364. The Kier molecular flexibility index (Phi) is 3.79. The molecule has 1 aromatic rings. The number of carbonyl (C=O) groups excluding carboxylic acids is 1. The highest BCUT2D eigenvalue weighted by Crippen LogP contribution is 2.32. The second-order valence-electron chi connectivity index (χ2n) is 3.74. The molecule has 0 aliphatic rings. The molecule has 0 amide bonds. The lowest BCUT2D eigenvalue weighted by molar-refractivity contribution is -0.146. The molecule has 15 heavy (non-hydrogen) atoms. The van der Waals surface area contributed by atoms with Gasteiger partial charge in [-0.3, -0.25) is 4.79 Å². The quantitative estimate of drug-likeness (QED) is 0.779. The zero-order valence-corrected chi connectivity index (χ0v) is 11.1. The molecule has 1 rings (SSSR count). The van der Waals surface area contributed by atoms with E-state index in [1.807, 2.05) is 12.1 Å². The Morgan fingerprint density at radius 3 is 2.53 bits per heavy atom. The third-order valence-electron chi connectivity index (χ3n) is 2.30. The van der Waals surface area contributed by atoms with Crippen molar-refractivity contribution in [3.63, 3.8) is 0 Å². The summed E-state index contributed by atoms with van der Waals surface area (Å²) in [6.07, 6.45) is 0. The molecule has 0 N–H and O–H groups in total. The average molecular weight is 292 g/mol. The summed E-state index contributed by atoms with van der Waals surface area (Å²) in [5.74, 6) is -0.299. The molecular weight excluding hydrogens is 279 g/mol. The maximum absolute atomic E-state index is 11.6. The minimum absolute atomic E-state index is 0.299. The van der Waals surface area contributed by atoms with Crippen LogP contribution >= 0.6 is 27.5 Å². The first-order chi connectivity index (χ1) is 6.89. The molecule has 0 saturated heterocycles. The second-order valence-corrected chi connectivity index (χ2v) is 5.06. The van der Waals surface area contributed by atoms with Crippen LogP contribution in [0.3, 0.4) is 0 Å². The van der Waals surface area contributed by atoms with Crippen LogP contribution < -0.4 is 0 Å². The van der Waals surface area contributed by atoms with Crippen molar-refractivity contribution in [3.05, 3.63) is 33.3 Å². The molecule has 0 heterocycles. The summed E-state index contributed by atoms with van der Waals surface area (Å²) in [4.78, 5) is 11.6. The number of halogens is 2. The summed E-state index contributed by atoms with van der Waals surface area (Å²) < 4.78 is 5.63. The SMILES string of the molecule is COC(=O)C(C)(C)c1ccc(Br)cc1Cl. The van der Waals surface area contributed by atoms with Crippen LogP contribution in [0.25, 0.3) is 0 Å². The van der Waals surface area contributed by atoms with E-state index in [9.17, 15) is 4.79 Å². The number of benzene rings is 1. The Hall–Kier alpha value is -0.540. The lowest BCUT2D eigenvalue weighted by Gasteiger charge is -2.23. The van der Waals surface area contributed by atoms with E-state index in [4.69, 9.17) is 16.3 Å². The van der Waals surface area contributed by atoms with Crippen LogP contribution in [0.4, 0.5) is 0 Å². The van der Waals surface area contributed by atoms with E-state index in [1.165, 1.54) is 7.11 Å². The number of ether oxygens (including phenoxy) is 1. The van der Waals surface area contributed by atoms with Crippen molar-refractivity contribution in [2.75, 3.05) is 7.11 Å². The first-order valence-electron chi connectivity index (χ1n) is 4.43. The molecule has 0 aromatic heterocycles. The van der Waals surface area contributed by atoms with Crippen LogP contribution in [0.2, 0.25) is 5.02 Å². The molecule has 0 atom stereocenters. The minimum atomic E-state index is -0.730. The van der Waals surface area contributed by atoms with Crippen molar-refractivity contribution >= 4 is 33.5 Å². The Morgan fingerprint density at radius 1 is 1.47 bits per heavy atom. The summed E-state index contributed by atoms with van der Waals surface area (Å²) in [5, 5.41) is 0.555. The van der Waals surface area contributed by atoms with Crippen LogP contribution in [0.5, 0.6) is 0 Å². The Labute approximate surface area is 103 Å². The predicted octanol–water partition coefficient (Wildman–Crippen LogP) is 3.55. The van der Waals surface area contributed by atoms with Gasteiger partial charge in [-0.25, -0.2) is 0 Å².